The molecular formula is C12H15N3O3S2. The van der Waals surface area contributed by atoms with E-state index in [9.17, 15) is 13.2 Å². The van der Waals surface area contributed by atoms with Gasteiger partial charge in [-0.3, -0.25) is 9.89 Å². The summed E-state index contributed by atoms with van der Waals surface area (Å²) in [4.78, 5) is 11.9. The maximum Gasteiger partial charge on any atom is 0.229 e. The van der Waals surface area contributed by atoms with Crippen molar-refractivity contribution >= 4 is 32.9 Å². The van der Waals surface area contributed by atoms with Crippen molar-refractivity contribution in [2.45, 2.75) is 6.92 Å². The lowest BCUT2D eigenvalue weighted by Crippen LogP contribution is -2.26. The average molecular weight is 313 g/mol. The summed E-state index contributed by atoms with van der Waals surface area (Å²) in [7, 11) is -3.18. The highest BCUT2D eigenvalue weighted by atomic mass is 32.2. The van der Waals surface area contributed by atoms with E-state index in [1.807, 2.05) is 16.8 Å². The summed E-state index contributed by atoms with van der Waals surface area (Å²) in [6.45, 7) is 1.57. The van der Waals surface area contributed by atoms with Gasteiger partial charge in [-0.15, -0.1) is 0 Å². The Balaban J connectivity index is 2.02. The van der Waals surface area contributed by atoms with Gasteiger partial charge in [0.1, 0.15) is 9.84 Å². The quantitative estimate of drug-likeness (QED) is 0.879. The van der Waals surface area contributed by atoms with Crippen LogP contribution < -0.4 is 5.32 Å². The largest absolute Gasteiger partial charge is 0.309 e. The minimum atomic E-state index is -3.18. The van der Waals surface area contributed by atoms with E-state index in [0.717, 1.165) is 17.5 Å². The normalized spacial score (nSPS) is 13.1. The number of thiophene rings is 1. The summed E-state index contributed by atoms with van der Waals surface area (Å²) in [6.07, 6.45) is 1.11. The van der Waals surface area contributed by atoms with Crippen LogP contribution in [0.5, 0.6) is 0 Å². The molecule has 0 aliphatic rings. The SMILES string of the molecule is CC(CS(C)(=O)=O)C(=O)Nc1cc(-c2ccsc2)[nH]n1. The van der Waals surface area contributed by atoms with Crippen molar-refractivity contribution in [1.82, 2.24) is 10.2 Å². The highest BCUT2D eigenvalue weighted by Crippen LogP contribution is 2.22. The maximum atomic E-state index is 11.9. The molecular weight excluding hydrogens is 298 g/mol. The van der Waals surface area contributed by atoms with Gasteiger partial charge in [-0.2, -0.15) is 16.4 Å². The zero-order chi connectivity index (χ0) is 14.8. The second kappa shape index (κ2) is 5.76. The van der Waals surface area contributed by atoms with Crippen LogP contribution in [-0.2, 0) is 14.6 Å². The van der Waals surface area contributed by atoms with Crippen LogP contribution in [0.15, 0.2) is 22.9 Å². The van der Waals surface area contributed by atoms with Crippen molar-refractivity contribution in [3.05, 3.63) is 22.9 Å². The molecule has 2 aromatic heterocycles. The molecule has 0 saturated heterocycles. The number of H-pyrrole nitrogens is 1. The van der Waals surface area contributed by atoms with E-state index >= 15 is 0 Å². The zero-order valence-corrected chi connectivity index (χ0v) is 12.7. The first-order chi connectivity index (χ1) is 9.35. The molecule has 20 heavy (non-hydrogen) atoms. The molecule has 0 bridgehead atoms. The van der Waals surface area contributed by atoms with Gasteiger partial charge in [-0.05, 0) is 11.4 Å². The van der Waals surface area contributed by atoms with E-state index in [4.69, 9.17) is 0 Å². The Bertz CT molecular complexity index is 689. The molecule has 1 unspecified atom stereocenters. The van der Waals surface area contributed by atoms with Crippen LogP contribution in [0.3, 0.4) is 0 Å². The first-order valence-electron chi connectivity index (χ1n) is 5.92. The number of sulfone groups is 1. The van der Waals surface area contributed by atoms with Gasteiger partial charge in [0.15, 0.2) is 5.82 Å². The van der Waals surface area contributed by atoms with Gasteiger partial charge < -0.3 is 5.32 Å². The van der Waals surface area contributed by atoms with E-state index in [2.05, 4.69) is 15.5 Å². The van der Waals surface area contributed by atoms with Crippen molar-refractivity contribution < 1.29 is 13.2 Å². The Labute approximate surface area is 121 Å². The number of rotatable bonds is 5. The van der Waals surface area contributed by atoms with Crippen molar-refractivity contribution in [2.24, 2.45) is 5.92 Å². The topological polar surface area (TPSA) is 91.9 Å². The van der Waals surface area contributed by atoms with Gasteiger partial charge >= 0.3 is 0 Å². The standard InChI is InChI=1S/C12H15N3O3S2/c1-8(7-20(2,17)18)12(16)13-11-5-10(14-15-11)9-3-4-19-6-9/h3-6,8H,7H2,1-2H3,(H2,13,14,15,16). The Morgan fingerprint density at radius 3 is 2.90 bits per heavy atom. The number of aromatic nitrogens is 2. The molecule has 1 amide bonds. The van der Waals surface area contributed by atoms with Crippen LogP contribution in [0, 0.1) is 5.92 Å². The molecule has 1 atom stereocenters. The molecule has 0 radical (unpaired) electrons. The number of hydrogen-bond acceptors (Lipinski definition) is 5. The molecule has 2 rings (SSSR count). The Morgan fingerprint density at radius 1 is 1.55 bits per heavy atom. The van der Waals surface area contributed by atoms with Crippen LogP contribution >= 0.6 is 11.3 Å². The van der Waals surface area contributed by atoms with Gasteiger partial charge in [-0.25, -0.2) is 8.42 Å². The lowest BCUT2D eigenvalue weighted by Gasteiger charge is -2.08. The summed E-state index contributed by atoms with van der Waals surface area (Å²) in [5, 5.41) is 13.3. The molecule has 108 valence electrons. The van der Waals surface area contributed by atoms with Gasteiger partial charge in [0.2, 0.25) is 5.91 Å². The predicted molar refractivity (Wildman–Crippen MR) is 79.4 cm³/mol. The molecule has 0 saturated carbocycles. The van der Waals surface area contributed by atoms with E-state index < -0.39 is 15.8 Å². The number of amides is 1. The number of carbonyl (C=O) groups is 1. The Kier molecular flexibility index (Phi) is 4.24. The zero-order valence-electron chi connectivity index (χ0n) is 11.1. The molecule has 0 aliphatic heterocycles. The lowest BCUT2D eigenvalue weighted by atomic mass is 10.2. The van der Waals surface area contributed by atoms with Crippen molar-refractivity contribution in [3.8, 4) is 11.3 Å². The Morgan fingerprint density at radius 2 is 2.30 bits per heavy atom. The maximum absolute atomic E-state index is 11.9. The van der Waals surface area contributed by atoms with E-state index in [-0.39, 0.29) is 11.7 Å². The van der Waals surface area contributed by atoms with E-state index in [1.54, 1.807) is 24.3 Å². The third-order valence-corrected chi connectivity index (χ3v) is 4.45. The molecule has 2 heterocycles. The highest BCUT2D eigenvalue weighted by Gasteiger charge is 2.19. The fourth-order valence-electron chi connectivity index (χ4n) is 1.73. The number of anilines is 1. The first-order valence-corrected chi connectivity index (χ1v) is 8.92. The van der Waals surface area contributed by atoms with Gasteiger partial charge in [0.25, 0.3) is 0 Å². The summed E-state index contributed by atoms with van der Waals surface area (Å²) in [5.41, 5.74) is 1.80. The van der Waals surface area contributed by atoms with Crippen LogP contribution in [0.25, 0.3) is 11.3 Å². The summed E-state index contributed by atoms with van der Waals surface area (Å²) < 4.78 is 22.3. The number of nitrogens with zero attached hydrogens (tertiary/aromatic N) is 1. The fraction of sp³-hybridized carbons (Fsp3) is 0.333. The summed E-state index contributed by atoms with van der Waals surface area (Å²) in [6, 6.07) is 3.66. The van der Waals surface area contributed by atoms with E-state index in [0.29, 0.717) is 5.82 Å². The minimum absolute atomic E-state index is 0.180. The van der Waals surface area contributed by atoms with E-state index in [1.165, 1.54) is 0 Å². The van der Waals surface area contributed by atoms with Crippen molar-refractivity contribution in [3.63, 3.8) is 0 Å². The predicted octanol–water partition coefficient (Wildman–Crippen LogP) is 1.76. The number of hydrogen-bond donors (Lipinski definition) is 2. The smallest absolute Gasteiger partial charge is 0.229 e. The van der Waals surface area contributed by atoms with Crippen molar-refractivity contribution in [2.75, 3.05) is 17.3 Å². The second-order valence-corrected chi connectivity index (χ2v) is 7.63. The summed E-state index contributed by atoms with van der Waals surface area (Å²) in [5.74, 6) is -0.776. The van der Waals surface area contributed by atoms with Gasteiger partial charge in [0, 0.05) is 29.2 Å². The molecule has 0 aliphatic carbocycles. The van der Waals surface area contributed by atoms with Crippen LogP contribution in [-0.4, -0.2) is 36.5 Å². The summed E-state index contributed by atoms with van der Waals surface area (Å²) >= 11 is 1.57. The average Bonchev–Trinajstić information content (AvgIpc) is 2.95. The third kappa shape index (κ3) is 3.91. The highest BCUT2D eigenvalue weighted by molar-refractivity contribution is 7.90. The van der Waals surface area contributed by atoms with Crippen LogP contribution in [0.2, 0.25) is 0 Å². The molecule has 2 aromatic rings. The number of carbonyl (C=O) groups excluding carboxylic acids is 1. The second-order valence-electron chi connectivity index (χ2n) is 4.66. The molecule has 8 heteroatoms. The Hall–Kier alpha value is -1.67. The van der Waals surface area contributed by atoms with Crippen LogP contribution in [0.4, 0.5) is 5.82 Å². The monoisotopic (exact) mass is 313 g/mol. The first kappa shape index (κ1) is 14.7. The lowest BCUT2D eigenvalue weighted by molar-refractivity contribution is -0.118. The minimum Gasteiger partial charge on any atom is -0.309 e. The third-order valence-electron chi connectivity index (χ3n) is 2.66. The fourth-order valence-corrected chi connectivity index (χ4v) is 3.45. The number of aromatic amines is 1. The molecule has 0 aromatic carbocycles. The molecule has 0 spiro atoms. The number of nitrogens with one attached hydrogen (secondary N) is 2. The van der Waals surface area contributed by atoms with Gasteiger partial charge in [-0.1, -0.05) is 6.92 Å². The molecule has 0 fully saturated rings. The van der Waals surface area contributed by atoms with Crippen molar-refractivity contribution in [1.29, 1.82) is 0 Å². The molecule has 6 nitrogen and oxygen atoms in total. The van der Waals surface area contributed by atoms with Crippen LogP contribution in [0.1, 0.15) is 6.92 Å². The van der Waals surface area contributed by atoms with Gasteiger partial charge in [0.05, 0.1) is 11.4 Å². The molecule has 2 N–H and O–H groups in total.